The fourth-order valence-electron chi connectivity index (χ4n) is 2.90. The third-order valence-corrected chi connectivity index (χ3v) is 4.18. The predicted octanol–water partition coefficient (Wildman–Crippen LogP) is 4.14. The monoisotopic (exact) mass is 341 g/mol. The van der Waals surface area contributed by atoms with Crippen LogP contribution in [-0.4, -0.2) is 18.0 Å². The second kappa shape index (κ2) is 7.79. The van der Waals surface area contributed by atoms with Gasteiger partial charge in [-0.15, -0.1) is 0 Å². The molecule has 0 atom stereocenters. The van der Waals surface area contributed by atoms with Crippen LogP contribution in [0.4, 0.5) is 20.6 Å². The third-order valence-electron chi connectivity index (χ3n) is 4.18. The number of amides is 3. The number of halogens is 1. The normalized spacial score (nSPS) is 14.1. The molecule has 2 aromatic carbocycles. The zero-order valence-electron chi connectivity index (χ0n) is 13.7. The molecule has 3 rings (SSSR count). The topological polar surface area (TPSA) is 70.2 Å². The summed E-state index contributed by atoms with van der Waals surface area (Å²) in [7, 11) is 0. The number of anilines is 2. The largest absolute Gasteiger partial charge is 0.349 e. The number of rotatable bonds is 4. The SMILES string of the molecule is O=C(Nc1ccc(C(=O)NC2CCCC2)cc1)Nc1cccc(F)c1. The van der Waals surface area contributed by atoms with Crippen LogP contribution in [-0.2, 0) is 0 Å². The summed E-state index contributed by atoms with van der Waals surface area (Å²) in [4.78, 5) is 24.1. The molecule has 6 heteroatoms. The molecule has 0 bridgehead atoms. The Morgan fingerprint density at radius 1 is 0.920 bits per heavy atom. The van der Waals surface area contributed by atoms with Gasteiger partial charge in [-0.1, -0.05) is 18.9 Å². The standard InChI is InChI=1S/C19H20FN3O2/c20-14-4-3-7-17(12-14)23-19(25)22-16-10-8-13(9-11-16)18(24)21-15-5-1-2-6-15/h3-4,7-12,15H,1-2,5-6H2,(H,21,24)(H2,22,23,25). The minimum atomic E-state index is -0.478. The third kappa shape index (κ3) is 4.79. The Bertz CT molecular complexity index is 756. The molecule has 0 unspecified atom stereocenters. The molecule has 0 aliphatic heterocycles. The van der Waals surface area contributed by atoms with E-state index in [9.17, 15) is 14.0 Å². The summed E-state index contributed by atoms with van der Waals surface area (Å²) in [5, 5.41) is 8.21. The molecule has 3 amide bonds. The van der Waals surface area contributed by atoms with E-state index in [1.807, 2.05) is 0 Å². The second-order valence-electron chi connectivity index (χ2n) is 6.12. The van der Waals surface area contributed by atoms with Gasteiger partial charge in [0.05, 0.1) is 0 Å². The van der Waals surface area contributed by atoms with Crippen molar-refractivity contribution in [2.45, 2.75) is 31.7 Å². The highest BCUT2D eigenvalue weighted by atomic mass is 19.1. The lowest BCUT2D eigenvalue weighted by molar-refractivity contribution is 0.0938. The maximum Gasteiger partial charge on any atom is 0.323 e. The zero-order valence-corrected chi connectivity index (χ0v) is 13.7. The molecular formula is C19H20FN3O2. The lowest BCUT2D eigenvalue weighted by atomic mass is 10.1. The summed E-state index contributed by atoms with van der Waals surface area (Å²) in [6.07, 6.45) is 4.39. The van der Waals surface area contributed by atoms with Crippen molar-refractivity contribution in [1.82, 2.24) is 5.32 Å². The average molecular weight is 341 g/mol. The van der Waals surface area contributed by atoms with Crippen LogP contribution >= 0.6 is 0 Å². The number of hydrogen-bond donors (Lipinski definition) is 3. The maximum atomic E-state index is 13.1. The van der Waals surface area contributed by atoms with Crippen LogP contribution < -0.4 is 16.0 Å². The first kappa shape index (κ1) is 17.0. The van der Waals surface area contributed by atoms with E-state index in [0.717, 1.165) is 25.7 Å². The van der Waals surface area contributed by atoms with Gasteiger partial charge in [-0.05, 0) is 55.3 Å². The maximum absolute atomic E-state index is 13.1. The molecule has 0 saturated heterocycles. The van der Waals surface area contributed by atoms with Crippen LogP contribution in [0.15, 0.2) is 48.5 Å². The Morgan fingerprint density at radius 2 is 1.60 bits per heavy atom. The molecule has 0 aromatic heterocycles. The van der Waals surface area contributed by atoms with E-state index in [-0.39, 0.29) is 11.9 Å². The van der Waals surface area contributed by atoms with Crippen molar-refractivity contribution in [3.8, 4) is 0 Å². The van der Waals surface area contributed by atoms with Crippen LogP contribution in [0.1, 0.15) is 36.0 Å². The van der Waals surface area contributed by atoms with E-state index in [4.69, 9.17) is 0 Å². The Hall–Kier alpha value is -2.89. The van der Waals surface area contributed by atoms with Gasteiger partial charge < -0.3 is 16.0 Å². The Balaban J connectivity index is 1.54. The summed E-state index contributed by atoms with van der Waals surface area (Å²) >= 11 is 0. The van der Waals surface area contributed by atoms with E-state index in [1.165, 1.54) is 18.2 Å². The highest BCUT2D eigenvalue weighted by Crippen LogP contribution is 2.18. The Labute approximate surface area is 145 Å². The fraction of sp³-hybridized carbons (Fsp3) is 0.263. The molecule has 0 heterocycles. The van der Waals surface area contributed by atoms with Crippen molar-refractivity contribution in [3.05, 3.63) is 59.9 Å². The van der Waals surface area contributed by atoms with E-state index >= 15 is 0 Å². The molecule has 1 saturated carbocycles. The number of benzene rings is 2. The highest BCUT2D eigenvalue weighted by molar-refractivity contribution is 6.00. The smallest absolute Gasteiger partial charge is 0.323 e. The molecule has 1 fully saturated rings. The summed E-state index contributed by atoms with van der Waals surface area (Å²) in [5.74, 6) is -0.516. The van der Waals surface area contributed by atoms with Crippen LogP contribution in [0.3, 0.4) is 0 Å². The van der Waals surface area contributed by atoms with Crippen LogP contribution in [0.2, 0.25) is 0 Å². The van der Waals surface area contributed by atoms with Crippen LogP contribution in [0.5, 0.6) is 0 Å². The van der Waals surface area contributed by atoms with Gasteiger partial charge in [-0.25, -0.2) is 9.18 Å². The summed E-state index contributed by atoms with van der Waals surface area (Å²) in [6, 6.07) is 12.1. The van der Waals surface area contributed by atoms with Gasteiger partial charge in [0.1, 0.15) is 5.82 Å². The van der Waals surface area contributed by atoms with Gasteiger partial charge in [-0.3, -0.25) is 4.79 Å². The minimum Gasteiger partial charge on any atom is -0.349 e. The Kier molecular flexibility index (Phi) is 5.28. The first-order valence-electron chi connectivity index (χ1n) is 8.35. The van der Waals surface area contributed by atoms with Gasteiger partial charge in [-0.2, -0.15) is 0 Å². The molecule has 130 valence electrons. The quantitative estimate of drug-likeness (QED) is 0.782. The first-order valence-corrected chi connectivity index (χ1v) is 8.35. The van der Waals surface area contributed by atoms with Crippen LogP contribution in [0, 0.1) is 5.82 Å². The number of hydrogen-bond acceptors (Lipinski definition) is 2. The minimum absolute atomic E-state index is 0.0948. The van der Waals surface area contributed by atoms with E-state index in [0.29, 0.717) is 16.9 Å². The molecule has 0 spiro atoms. The molecule has 3 N–H and O–H groups in total. The molecule has 2 aromatic rings. The van der Waals surface area contributed by atoms with Crippen molar-refractivity contribution in [1.29, 1.82) is 0 Å². The number of nitrogens with one attached hydrogen (secondary N) is 3. The molecule has 0 radical (unpaired) electrons. The molecule has 1 aliphatic rings. The fourth-order valence-corrected chi connectivity index (χ4v) is 2.90. The molecule has 1 aliphatic carbocycles. The zero-order chi connectivity index (χ0) is 17.6. The van der Waals surface area contributed by atoms with Crippen molar-refractivity contribution < 1.29 is 14.0 Å². The second-order valence-corrected chi connectivity index (χ2v) is 6.12. The van der Waals surface area contributed by atoms with Crippen molar-refractivity contribution >= 4 is 23.3 Å². The van der Waals surface area contributed by atoms with Crippen LogP contribution in [0.25, 0.3) is 0 Å². The molecular weight excluding hydrogens is 321 g/mol. The summed E-state index contributed by atoms with van der Waals surface area (Å²) < 4.78 is 13.1. The lowest BCUT2D eigenvalue weighted by Gasteiger charge is -2.12. The summed E-state index contributed by atoms with van der Waals surface area (Å²) in [5.41, 5.74) is 1.47. The number of carbonyl (C=O) groups is 2. The van der Waals surface area contributed by atoms with Gasteiger partial charge in [0, 0.05) is 23.0 Å². The number of carbonyl (C=O) groups excluding carboxylic acids is 2. The van der Waals surface area contributed by atoms with Gasteiger partial charge in [0.25, 0.3) is 5.91 Å². The van der Waals surface area contributed by atoms with Crippen molar-refractivity contribution in [3.63, 3.8) is 0 Å². The average Bonchev–Trinajstić information content (AvgIpc) is 3.08. The number of urea groups is 1. The van der Waals surface area contributed by atoms with Crippen molar-refractivity contribution in [2.24, 2.45) is 0 Å². The lowest BCUT2D eigenvalue weighted by Crippen LogP contribution is -2.32. The van der Waals surface area contributed by atoms with Gasteiger partial charge >= 0.3 is 6.03 Å². The Morgan fingerprint density at radius 3 is 2.28 bits per heavy atom. The summed E-state index contributed by atoms with van der Waals surface area (Å²) in [6.45, 7) is 0. The van der Waals surface area contributed by atoms with Crippen molar-refractivity contribution in [2.75, 3.05) is 10.6 Å². The molecule has 25 heavy (non-hydrogen) atoms. The predicted molar refractivity (Wildman–Crippen MR) is 95.2 cm³/mol. The van der Waals surface area contributed by atoms with E-state index in [2.05, 4.69) is 16.0 Å². The van der Waals surface area contributed by atoms with Gasteiger partial charge in [0.2, 0.25) is 0 Å². The highest BCUT2D eigenvalue weighted by Gasteiger charge is 2.17. The van der Waals surface area contributed by atoms with E-state index in [1.54, 1.807) is 30.3 Å². The van der Waals surface area contributed by atoms with E-state index < -0.39 is 11.8 Å². The molecule has 5 nitrogen and oxygen atoms in total. The first-order chi connectivity index (χ1) is 12.1. The van der Waals surface area contributed by atoms with Gasteiger partial charge in [0.15, 0.2) is 0 Å².